The zero-order chi connectivity index (χ0) is 22.8. The van der Waals surface area contributed by atoms with Crippen LogP contribution < -0.4 is 9.80 Å². The summed E-state index contributed by atoms with van der Waals surface area (Å²) in [7, 11) is 0. The average Bonchev–Trinajstić information content (AvgIpc) is 2.79. The highest BCUT2D eigenvalue weighted by Gasteiger charge is 2.43. The van der Waals surface area contributed by atoms with Crippen LogP contribution in [0.4, 0.5) is 15.8 Å². The molecule has 0 saturated heterocycles. The third-order valence-electron chi connectivity index (χ3n) is 5.59. The molecule has 0 radical (unpaired) electrons. The maximum Gasteiger partial charge on any atom is 0.326 e. The Kier molecular flexibility index (Phi) is 5.73. The van der Waals surface area contributed by atoms with Crippen molar-refractivity contribution in [1.82, 2.24) is 0 Å². The number of carbonyl (C=O) groups excluding carboxylic acids is 2. The Bertz CT molecular complexity index is 1160. The summed E-state index contributed by atoms with van der Waals surface area (Å²) < 4.78 is 13.4. The van der Waals surface area contributed by atoms with Gasteiger partial charge in [-0.1, -0.05) is 36.4 Å². The highest BCUT2D eigenvalue weighted by Crippen LogP contribution is 2.42. The number of anilines is 2. The molecule has 1 aliphatic heterocycles. The molecule has 1 aliphatic rings. The smallest absolute Gasteiger partial charge is 0.326 e. The van der Waals surface area contributed by atoms with Gasteiger partial charge < -0.3 is 10.0 Å². The molecule has 3 aromatic rings. The van der Waals surface area contributed by atoms with E-state index in [0.29, 0.717) is 16.9 Å². The SMILES string of the molecule is CC(=O)N(c1ccccc1)C1CC(C(=O)O)N(C(=O)c2ccc(F)cc2)c2ccccc21. The maximum atomic E-state index is 13.4. The van der Waals surface area contributed by atoms with Crippen LogP contribution in [-0.2, 0) is 9.59 Å². The number of carbonyl (C=O) groups is 3. The van der Waals surface area contributed by atoms with E-state index in [4.69, 9.17) is 0 Å². The number of hydrogen-bond acceptors (Lipinski definition) is 3. The molecule has 0 spiro atoms. The Hall–Kier alpha value is -4.00. The molecule has 0 aromatic heterocycles. The fraction of sp³-hybridized carbons (Fsp3) is 0.160. The van der Waals surface area contributed by atoms with Crippen LogP contribution in [0.3, 0.4) is 0 Å². The maximum absolute atomic E-state index is 13.4. The molecule has 3 aromatic carbocycles. The van der Waals surface area contributed by atoms with Gasteiger partial charge in [0.15, 0.2) is 0 Å². The minimum atomic E-state index is -1.21. The summed E-state index contributed by atoms with van der Waals surface area (Å²) in [5.74, 6) is -2.46. The predicted octanol–water partition coefficient (Wildman–Crippen LogP) is 4.42. The molecule has 32 heavy (non-hydrogen) atoms. The second-order valence-corrected chi connectivity index (χ2v) is 7.57. The van der Waals surface area contributed by atoms with E-state index in [1.807, 2.05) is 6.07 Å². The average molecular weight is 432 g/mol. The van der Waals surface area contributed by atoms with Crippen molar-refractivity contribution in [2.75, 3.05) is 9.80 Å². The van der Waals surface area contributed by atoms with Gasteiger partial charge in [-0.15, -0.1) is 0 Å². The van der Waals surface area contributed by atoms with Crippen molar-refractivity contribution in [3.63, 3.8) is 0 Å². The van der Waals surface area contributed by atoms with E-state index in [1.165, 1.54) is 24.0 Å². The third-order valence-corrected chi connectivity index (χ3v) is 5.59. The Labute approximate surface area is 184 Å². The normalized spacial score (nSPS) is 17.4. The summed E-state index contributed by atoms with van der Waals surface area (Å²) in [5, 5.41) is 10.0. The number of fused-ring (bicyclic) bond motifs is 1. The molecule has 6 nitrogen and oxygen atoms in total. The Morgan fingerprint density at radius 1 is 0.938 bits per heavy atom. The first-order chi connectivity index (χ1) is 15.4. The number of amides is 2. The largest absolute Gasteiger partial charge is 0.480 e. The Morgan fingerprint density at radius 2 is 1.56 bits per heavy atom. The number of para-hydroxylation sites is 2. The number of rotatable bonds is 4. The zero-order valence-electron chi connectivity index (χ0n) is 17.3. The molecule has 1 heterocycles. The molecule has 2 amide bonds. The quantitative estimate of drug-likeness (QED) is 0.662. The van der Waals surface area contributed by atoms with Crippen LogP contribution in [0.15, 0.2) is 78.9 Å². The van der Waals surface area contributed by atoms with E-state index >= 15 is 0 Å². The van der Waals surface area contributed by atoms with E-state index in [9.17, 15) is 23.9 Å². The first kappa shape index (κ1) is 21.2. The van der Waals surface area contributed by atoms with Crippen molar-refractivity contribution in [2.24, 2.45) is 0 Å². The van der Waals surface area contributed by atoms with Gasteiger partial charge in [-0.3, -0.25) is 14.5 Å². The highest BCUT2D eigenvalue weighted by atomic mass is 19.1. The van der Waals surface area contributed by atoms with Crippen LogP contribution in [0.5, 0.6) is 0 Å². The van der Waals surface area contributed by atoms with Crippen LogP contribution >= 0.6 is 0 Å². The molecular formula is C25H21FN2O4. The minimum Gasteiger partial charge on any atom is -0.480 e. The van der Waals surface area contributed by atoms with E-state index in [1.54, 1.807) is 53.4 Å². The predicted molar refractivity (Wildman–Crippen MR) is 118 cm³/mol. The van der Waals surface area contributed by atoms with Gasteiger partial charge >= 0.3 is 5.97 Å². The summed E-state index contributed by atoms with van der Waals surface area (Å²) in [6.45, 7) is 1.43. The van der Waals surface area contributed by atoms with Gasteiger partial charge in [-0.05, 0) is 48.0 Å². The van der Waals surface area contributed by atoms with E-state index in [0.717, 1.165) is 12.1 Å². The van der Waals surface area contributed by atoms with Crippen molar-refractivity contribution < 1.29 is 23.9 Å². The van der Waals surface area contributed by atoms with E-state index in [-0.39, 0.29) is 17.9 Å². The summed E-state index contributed by atoms with van der Waals surface area (Å²) in [4.78, 5) is 41.1. The number of nitrogens with zero attached hydrogens (tertiary/aromatic N) is 2. The molecule has 0 saturated carbocycles. The van der Waals surface area contributed by atoms with Crippen molar-refractivity contribution in [1.29, 1.82) is 0 Å². The lowest BCUT2D eigenvalue weighted by Crippen LogP contribution is -2.52. The fourth-order valence-corrected chi connectivity index (χ4v) is 4.21. The second-order valence-electron chi connectivity index (χ2n) is 7.57. The Balaban J connectivity index is 1.85. The van der Waals surface area contributed by atoms with Gasteiger partial charge in [0.2, 0.25) is 5.91 Å². The summed E-state index contributed by atoms with van der Waals surface area (Å²) in [6.07, 6.45) is 0.00769. The molecule has 0 fully saturated rings. The van der Waals surface area contributed by atoms with E-state index in [2.05, 4.69) is 0 Å². The number of carboxylic acid groups (broad SMARTS) is 1. The first-order valence-corrected chi connectivity index (χ1v) is 10.1. The Morgan fingerprint density at radius 3 is 2.19 bits per heavy atom. The van der Waals surface area contributed by atoms with Crippen LogP contribution in [0.1, 0.15) is 35.3 Å². The molecule has 162 valence electrons. The van der Waals surface area contributed by atoms with Crippen molar-refractivity contribution in [3.8, 4) is 0 Å². The van der Waals surface area contributed by atoms with Crippen LogP contribution in [0.25, 0.3) is 0 Å². The number of carboxylic acids is 1. The van der Waals surface area contributed by atoms with Crippen molar-refractivity contribution in [2.45, 2.75) is 25.4 Å². The van der Waals surface area contributed by atoms with Crippen LogP contribution in [0, 0.1) is 5.82 Å². The number of aliphatic carboxylic acids is 1. The van der Waals surface area contributed by atoms with E-state index < -0.39 is 29.8 Å². The lowest BCUT2D eigenvalue weighted by molar-refractivity contribution is -0.139. The molecule has 4 rings (SSSR count). The monoisotopic (exact) mass is 432 g/mol. The minimum absolute atomic E-state index is 0.00769. The lowest BCUT2D eigenvalue weighted by Gasteiger charge is -2.42. The number of benzene rings is 3. The molecule has 0 bridgehead atoms. The standard InChI is InChI=1S/C25H21FN2O4/c1-16(29)27(19-7-3-2-4-8-19)22-15-23(25(31)32)28(21-10-6-5-9-20(21)22)24(30)17-11-13-18(26)14-12-17/h2-14,22-23H,15H2,1H3,(H,31,32). The van der Waals surface area contributed by atoms with Gasteiger partial charge in [-0.25, -0.2) is 9.18 Å². The van der Waals surface area contributed by atoms with Crippen LogP contribution in [-0.4, -0.2) is 28.9 Å². The number of halogens is 1. The zero-order valence-corrected chi connectivity index (χ0v) is 17.3. The van der Waals surface area contributed by atoms with Gasteiger partial charge in [0.25, 0.3) is 5.91 Å². The van der Waals surface area contributed by atoms with Gasteiger partial charge in [-0.2, -0.15) is 0 Å². The molecule has 2 atom stereocenters. The van der Waals surface area contributed by atoms with Crippen LogP contribution in [0.2, 0.25) is 0 Å². The van der Waals surface area contributed by atoms with Gasteiger partial charge in [0, 0.05) is 24.6 Å². The van der Waals surface area contributed by atoms with Crippen molar-refractivity contribution >= 4 is 29.2 Å². The number of hydrogen-bond donors (Lipinski definition) is 1. The van der Waals surface area contributed by atoms with Crippen molar-refractivity contribution in [3.05, 3.63) is 95.8 Å². The molecular weight excluding hydrogens is 411 g/mol. The summed E-state index contributed by atoms with van der Waals surface area (Å²) >= 11 is 0. The summed E-state index contributed by atoms with van der Waals surface area (Å²) in [6, 6.07) is 19.2. The highest BCUT2D eigenvalue weighted by molar-refractivity contribution is 6.10. The topological polar surface area (TPSA) is 77.9 Å². The first-order valence-electron chi connectivity index (χ1n) is 10.1. The molecule has 0 aliphatic carbocycles. The second kappa shape index (κ2) is 8.63. The van der Waals surface area contributed by atoms with Gasteiger partial charge in [0.1, 0.15) is 11.9 Å². The third kappa shape index (κ3) is 3.85. The fourth-order valence-electron chi connectivity index (χ4n) is 4.21. The molecule has 1 N–H and O–H groups in total. The van der Waals surface area contributed by atoms with Gasteiger partial charge in [0.05, 0.1) is 11.7 Å². The lowest BCUT2D eigenvalue weighted by atomic mass is 9.88. The molecule has 7 heteroatoms. The summed E-state index contributed by atoms with van der Waals surface area (Å²) in [5.41, 5.74) is 1.90. The molecule has 2 unspecified atom stereocenters.